The quantitative estimate of drug-likeness (QED) is 0.810. The van der Waals surface area contributed by atoms with Gasteiger partial charge in [-0.05, 0) is 18.2 Å². The number of carbonyl (C=O) groups excluding carboxylic acids is 2. The van der Waals surface area contributed by atoms with Crippen LogP contribution in [0.15, 0.2) is 23.6 Å². The number of amides is 2. The summed E-state index contributed by atoms with van der Waals surface area (Å²) in [6.45, 7) is 0. The van der Waals surface area contributed by atoms with E-state index in [2.05, 4.69) is 4.98 Å². The van der Waals surface area contributed by atoms with Gasteiger partial charge in [-0.1, -0.05) is 0 Å². The van der Waals surface area contributed by atoms with Crippen molar-refractivity contribution >= 4 is 28.3 Å². The van der Waals surface area contributed by atoms with Gasteiger partial charge in [0.2, 0.25) is 11.8 Å². The molecule has 1 aromatic carbocycles. The van der Waals surface area contributed by atoms with Crippen molar-refractivity contribution in [1.82, 2.24) is 4.98 Å². The smallest absolute Gasteiger partial charge is 0.236 e. The lowest BCUT2D eigenvalue weighted by molar-refractivity contribution is -0.121. The lowest BCUT2D eigenvalue weighted by Crippen LogP contribution is -2.28. The third-order valence-electron chi connectivity index (χ3n) is 3.42. The summed E-state index contributed by atoms with van der Waals surface area (Å²) < 4.78 is 10.6. The predicted molar refractivity (Wildman–Crippen MR) is 82.4 cm³/mol. The molecular formula is C15H14N2O4S. The number of methoxy groups -OCH3 is 2. The van der Waals surface area contributed by atoms with E-state index in [0.29, 0.717) is 22.3 Å². The average Bonchev–Trinajstić information content (AvgIpc) is 3.13. The minimum atomic E-state index is -0.205. The van der Waals surface area contributed by atoms with Gasteiger partial charge in [0.25, 0.3) is 0 Å². The van der Waals surface area contributed by atoms with Gasteiger partial charge in [0, 0.05) is 23.8 Å². The first kappa shape index (κ1) is 14.5. The average molecular weight is 318 g/mol. The van der Waals surface area contributed by atoms with Gasteiger partial charge in [-0.15, -0.1) is 11.3 Å². The zero-order valence-corrected chi connectivity index (χ0v) is 13.0. The maximum Gasteiger partial charge on any atom is 0.236 e. The molecule has 0 saturated carbocycles. The maximum absolute atomic E-state index is 11.8. The van der Waals surface area contributed by atoms with E-state index in [0.717, 1.165) is 10.5 Å². The van der Waals surface area contributed by atoms with E-state index < -0.39 is 0 Å². The van der Waals surface area contributed by atoms with Crippen LogP contribution < -0.4 is 14.4 Å². The van der Waals surface area contributed by atoms with Crippen molar-refractivity contribution in [1.29, 1.82) is 0 Å². The van der Waals surface area contributed by atoms with Crippen LogP contribution in [0.3, 0.4) is 0 Å². The van der Waals surface area contributed by atoms with Gasteiger partial charge in [0.15, 0.2) is 5.13 Å². The summed E-state index contributed by atoms with van der Waals surface area (Å²) in [5, 5.41) is 2.19. The van der Waals surface area contributed by atoms with Crippen LogP contribution in [0.25, 0.3) is 11.3 Å². The molecule has 0 spiro atoms. The summed E-state index contributed by atoms with van der Waals surface area (Å²) in [4.78, 5) is 29.1. The van der Waals surface area contributed by atoms with Crippen molar-refractivity contribution in [3.63, 3.8) is 0 Å². The normalized spacial score (nSPS) is 14.5. The Morgan fingerprint density at radius 3 is 2.50 bits per heavy atom. The Hall–Kier alpha value is -2.41. The summed E-state index contributed by atoms with van der Waals surface area (Å²) in [7, 11) is 3.16. The van der Waals surface area contributed by atoms with Gasteiger partial charge >= 0.3 is 0 Å². The second-order valence-electron chi connectivity index (χ2n) is 4.70. The SMILES string of the molecule is COc1ccc(OC)c(-c2csc(N3C(=O)CCC3=O)n2)c1. The zero-order valence-electron chi connectivity index (χ0n) is 12.2. The predicted octanol–water partition coefficient (Wildman–Crippen LogP) is 2.48. The number of anilines is 1. The molecule has 2 amide bonds. The number of ether oxygens (including phenoxy) is 2. The number of aromatic nitrogens is 1. The van der Waals surface area contributed by atoms with E-state index in [1.807, 2.05) is 6.07 Å². The molecule has 0 aliphatic carbocycles. The number of hydrogen-bond donors (Lipinski definition) is 0. The first-order valence-corrected chi connectivity index (χ1v) is 7.55. The summed E-state index contributed by atoms with van der Waals surface area (Å²) in [6, 6.07) is 5.40. The first-order chi connectivity index (χ1) is 10.6. The third kappa shape index (κ3) is 2.43. The molecule has 0 unspecified atom stereocenters. The Morgan fingerprint density at radius 2 is 1.86 bits per heavy atom. The van der Waals surface area contributed by atoms with E-state index in [-0.39, 0.29) is 24.7 Å². The summed E-state index contributed by atoms with van der Waals surface area (Å²) in [6.07, 6.45) is 0.493. The van der Waals surface area contributed by atoms with Gasteiger partial charge in [0.05, 0.1) is 19.9 Å². The van der Waals surface area contributed by atoms with Gasteiger partial charge in [-0.2, -0.15) is 0 Å². The topological polar surface area (TPSA) is 68.7 Å². The highest BCUT2D eigenvalue weighted by molar-refractivity contribution is 7.14. The van der Waals surface area contributed by atoms with E-state index in [1.54, 1.807) is 31.7 Å². The maximum atomic E-state index is 11.8. The Balaban J connectivity index is 2.00. The van der Waals surface area contributed by atoms with Crippen LogP contribution in [0.4, 0.5) is 5.13 Å². The molecule has 0 N–H and O–H groups in total. The van der Waals surface area contributed by atoms with Gasteiger partial charge in [-0.25, -0.2) is 9.88 Å². The molecule has 1 aliphatic heterocycles. The van der Waals surface area contributed by atoms with Crippen LogP contribution in [-0.2, 0) is 9.59 Å². The van der Waals surface area contributed by atoms with Crippen LogP contribution in [0.5, 0.6) is 11.5 Å². The van der Waals surface area contributed by atoms with E-state index in [9.17, 15) is 9.59 Å². The van der Waals surface area contributed by atoms with Crippen LogP contribution >= 0.6 is 11.3 Å². The molecule has 2 heterocycles. The van der Waals surface area contributed by atoms with Crippen LogP contribution in [0, 0.1) is 0 Å². The highest BCUT2D eigenvalue weighted by Gasteiger charge is 2.32. The largest absolute Gasteiger partial charge is 0.497 e. The monoisotopic (exact) mass is 318 g/mol. The molecule has 1 aromatic heterocycles. The number of benzene rings is 1. The molecule has 0 radical (unpaired) electrons. The Kier molecular flexibility index (Phi) is 3.81. The molecule has 22 heavy (non-hydrogen) atoms. The van der Waals surface area contributed by atoms with E-state index in [1.165, 1.54) is 11.3 Å². The van der Waals surface area contributed by atoms with Crippen molar-refractivity contribution in [2.45, 2.75) is 12.8 Å². The second-order valence-corrected chi connectivity index (χ2v) is 5.54. The fraction of sp³-hybridized carbons (Fsp3) is 0.267. The van der Waals surface area contributed by atoms with Gasteiger partial charge in [0.1, 0.15) is 11.5 Å². The standard InChI is InChI=1S/C15H14N2O4S/c1-20-9-3-4-12(21-2)10(7-9)11-8-22-15(16-11)17-13(18)5-6-14(17)19/h3-4,7-8H,5-6H2,1-2H3. The second kappa shape index (κ2) is 5.76. The lowest BCUT2D eigenvalue weighted by Gasteiger charge is -2.10. The molecule has 1 fully saturated rings. The molecule has 6 nitrogen and oxygen atoms in total. The number of imide groups is 1. The van der Waals surface area contributed by atoms with Crippen LogP contribution in [0.2, 0.25) is 0 Å². The molecule has 1 saturated heterocycles. The third-order valence-corrected chi connectivity index (χ3v) is 4.24. The van der Waals surface area contributed by atoms with Crippen molar-refractivity contribution in [2.24, 2.45) is 0 Å². The molecule has 7 heteroatoms. The molecule has 1 aliphatic rings. The van der Waals surface area contributed by atoms with Gasteiger partial charge in [-0.3, -0.25) is 9.59 Å². The fourth-order valence-corrected chi connectivity index (χ4v) is 3.15. The number of thiazole rings is 1. The zero-order chi connectivity index (χ0) is 15.7. The number of carbonyl (C=O) groups is 2. The Labute approximate surface area is 131 Å². The molecule has 3 rings (SSSR count). The van der Waals surface area contributed by atoms with Crippen molar-refractivity contribution in [3.05, 3.63) is 23.6 Å². The fourth-order valence-electron chi connectivity index (χ4n) is 2.29. The summed E-state index contributed by atoms with van der Waals surface area (Å²) in [5.41, 5.74) is 1.40. The highest BCUT2D eigenvalue weighted by Crippen LogP contribution is 2.36. The highest BCUT2D eigenvalue weighted by atomic mass is 32.1. The van der Waals surface area contributed by atoms with Crippen molar-refractivity contribution < 1.29 is 19.1 Å². The summed E-state index contributed by atoms with van der Waals surface area (Å²) in [5.74, 6) is 0.919. The molecule has 114 valence electrons. The van der Waals surface area contributed by atoms with E-state index in [4.69, 9.17) is 9.47 Å². The Bertz CT molecular complexity index is 725. The van der Waals surface area contributed by atoms with Crippen molar-refractivity contribution in [2.75, 3.05) is 19.1 Å². The minimum absolute atomic E-state index is 0.205. The van der Waals surface area contributed by atoms with Crippen molar-refractivity contribution in [3.8, 4) is 22.8 Å². The van der Waals surface area contributed by atoms with Crippen LogP contribution in [-0.4, -0.2) is 31.0 Å². The molecular weight excluding hydrogens is 304 g/mol. The number of rotatable bonds is 4. The Morgan fingerprint density at radius 1 is 1.14 bits per heavy atom. The lowest BCUT2D eigenvalue weighted by atomic mass is 10.1. The number of hydrogen-bond acceptors (Lipinski definition) is 6. The first-order valence-electron chi connectivity index (χ1n) is 6.67. The van der Waals surface area contributed by atoms with Gasteiger partial charge < -0.3 is 9.47 Å². The number of nitrogens with zero attached hydrogens (tertiary/aromatic N) is 2. The van der Waals surface area contributed by atoms with E-state index >= 15 is 0 Å². The summed E-state index contributed by atoms with van der Waals surface area (Å²) >= 11 is 1.26. The minimum Gasteiger partial charge on any atom is -0.497 e. The van der Waals surface area contributed by atoms with Crippen LogP contribution in [0.1, 0.15) is 12.8 Å². The molecule has 2 aromatic rings. The molecule has 0 bridgehead atoms. The molecule has 0 atom stereocenters.